The monoisotopic (exact) mass is 299 g/mol. The fourth-order valence-electron chi connectivity index (χ4n) is 2.74. The fraction of sp³-hybridized carbons (Fsp3) is 0.438. The highest BCUT2D eigenvalue weighted by Crippen LogP contribution is 2.20. The third-order valence-corrected chi connectivity index (χ3v) is 4.00. The minimum Gasteiger partial charge on any atom is -0.372 e. The molecule has 1 saturated heterocycles. The molecule has 1 fully saturated rings. The Balaban J connectivity index is 1.59. The first-order chi connectivity index (χ1) is 10.8. The third-order valence-electron chi connectivity index (χ3n) is 4.00. The Bertz CT molecular complexity index is 586. The average Bonchev–Trinajstić information content (AvgIpc) is 2.93. The summed E-state index contributed by atoms with van der Waals surface area (Å²) >= 11 is 0. The lowest BCUT2D eigenvalue weighted by atomic mass is 10.1. The molecular weight excluding hydrogens is 278 g/mol. The van der Waals surface area contributed by atoms with Crippen molar-refractivity contribution in [2.75, 3.05) is 18.0 Å². The molecule has 6 nitrogen and oxygen atoms in total. The highest BCUT2D eigenvalue weighted by Gasteiger charge is 2.11. The van der Waals surface area contributed by atoms with E-state index in [4.69, 9.17) is 0 Å². The first-order valence-corrected chi connectivity index (χ1v) is 7.81. The number of benzene rings is 1. The van der Waals surface area contributed by atoms with Crippen LogP contribution in [0.4, 0.5) is 5.69 Å². The normalized spacial score (nSPS) is 15.4. The molecule has 1 aliphatic heterocycles. The van der Waals surface area contributed by atoms with Gasteiger partial charge in [-0.05, 0) is 37.1 Å². The van der Waals surface area contributed by atoms with E-state index in [1.54, 1.807) is 6.20 Å². The molecule has 0 saturated carbocycles. The topological polar surface area (TPSA) is 73.9 Å². The van der Waals surface area contributed by atoms with Crippen molar-refractivity contribution in [2.45, 2.75) is 32.2 Å². The van der Waals surface area contributed by atoms with Gasteiger partial charge in [0.25, 0.3) is 5.91 Å². The van der Waals surface area contributed by atoms with Crippen LogP contribution in [0.25, 0.3) is 0 Å². The van der Waals surface area contributed by atoms with Gasteiger partial charge in [0.15, 0.2) is 0 Å². The maximum absolute atomic E-state index is 12.1. The van der Waals surface area contributed by atoms with E-state index in [2.05, 4.69) is 25.6 Å². The molecule has 2 aromatic rings. The molecule has 1 aromatic heterocycles. The molecule has 0 atom stereocenters. The van der Waals surface area contributed by atoms with E-state index in [1.165, 1.54) is 31.4 Å². The van der Waals surface area contributed by atoms with Crippen LogP contribution >= 0.6 is 0 Å². The average molecular weight is 299 g/mol. The largest absolute Gasteiger partial charge is 0.372 e. The van der Waals surface area contributed by atoms with Crippen LogP contribution < -0.4 is 10.2 Å². The smallest absolute Gasteiger partial charge is 0.251 e. The zero-order chi connectivity index (χ0) is 15.2. The summed E-state index contributed by atoms with van der Waals surface area (Å²) in [6.07, 6.45) is 6.74. The van der Waals surface area contributed by atoms with Crippen molar-refractivity contribution in [1.82, 2.24) is 20.7 Å². The van der Waals surface area contributed by atoms with Crippen molar-refractivity contribution in [3.63, 3.8) is 0 Å². The van der Waals surface area contributed by atoms with Gasteiger partial charge in [0.2, 0.25) is 0 Å². The van der Waals surface area contributed by atoms with Gasteiger partial charge in [-0.25, -0.2) is 0 Å². The molecule has 2 heterocycles. The summed E-state index contributed by atoms with van der Waals surface area (Å²) in [6.45, 7) is 2.60. The van der Waals surface area contributed by atoms with Gasteiger partial charge in [-0.15, -0.1) is 0 Å². The number of H-pyrrole nitrogens is 1. The van der Waals surface area contributed by atoms with E-state index in [0.717, 1.165) is 18.8 Å². The quantitative estimate of drug-likeness (QED) is 0.907. The van der Waals surface area contributed by atoms with Gasteiger partial charge in [-0.2, -0.15) is 15.4 Å². The Kier molecular flexibility index (Phi) is 4.68. The molecule has 1 aliphatic rings. The number of hydrogen-bond donors (Lipinski definition) is 2. The van der Waals surface area contributed by atoms with Crippen LogP contribution in [0.2, 0.25) is 0 Å². The minimum absolute atomic E-state index is 0.0922. The van der Waals surface area contributed by atoms with Crippen molar-refractivity contribution in [2.24, 2.45) is 0 Å². The van der Waals surface area contributed by atoms with E-state index < -0.39 is 0 Å². The Hall–Kier alpha value is -2.37. The summed E-state index contributed by atoms with van der Waals surface area (Å²) < 4.78 is 0. The zero-order valence-electron chi connectivity index (χ0n) is 12.6. The number of hydrogen-bond acceptors (Lipinski definition) is 4. The van der Waals surface area contributed by atoms with E-state index in [0.29, 0.717) is 12.1 Å². The molecule has 0 unspecified atom stereocenters. The number of carbonyl (C=O) groups excluding carboxylic acids is 1. The highest BCUT2D eigenvalue weighted by molar-refractivity contribution is 5.94. The van der Waals surface area contributed by atoms with Gasteiger partial charge < -0.3 is 10.2 Å². The van der Waals surface area contributed by atoms with Crippen molar-refractivity contribution >= 4 is 11.6 Å². The first kappa shape index (κ1) is 14.6. The fourth-order valence-corrected chi connectivity index (χ4v) is 2.74. The highest BCUT2D eigenvalue weighted by atomic mass is 16.1. The third kappa shape index (κ3) is 3.63. The second-order valence-corrected chi connectivity index (χ2v) is 5.59. The van der Waals surface area contributed by atoms with Crippen molar-refractivity contribution < 1.29 is 4.79 Å². The van der Waals surface area contributed by atoms with Gasteiger partial charge in [0.1, 0.15) is 5.69 Å². The van der Waals surface area contributed by atoms with Gasteiger partial charge >= 0.3 is 0 Å². The lowest BCUT2D eigenvalue weighted by molar-refractivity contribution is 0.0950. The molecule has 1 amide bonds. The summed E-state index contributed by atoms with van der Waals surface area (Å²) in [5.41, 5.74) is 2.59. The van der Waals surface area contributed by atoms with Gasteiger partial charge in [0, 0.05) is 24.3 Å². The van der Waals surface area contributed by atoms with Crippen LogP contribution in [0.3, 0.4) is 0 Å². The molecule has 2 N–H and O–H groups in total. The number of anilines is 1. The number of amides is 1. The van der Waals surface area contributed by atoms with Crippen LogP contribution in [-0.4, -0.2) is 34.4 Å². The standard InChI is InChI=1S/C16H21N5O/c22-16(17-11-14-12-18-20-19-14)13-5-7-15(8-6-13)21-9-3-1-2-4-10-21/h5-8,12H,1-4,9-11H2,(H,17,22)(H,18,19,20). The summed E-state index contributed by atoms with van der Waals surface area (Å²) in [6, 6.07) is 7.85. The Labute approximate surface area is 129 Å². The molecule has 6 heteroatoms. The number of rotatable bonds is 4. The SMILES string of the molecule is O=C(NCc1cn[nH]n1)c1ccc(N2CCCCCC2)cc1. The van der Waals surface area contributed by atoms with Crippen molar-refractivity contribution in [3.8, 4) is 0 Å². The zero-order valence-corrected chi connectivity index (χ0v) is 12.6. The summed E-state index contributed by atoms with van der Waals surface area (Å²) in [5.74, 6) is -0.0922. The predicted molar refractivity (Wildman–Crippen MR) is 84.7 cm³/mol. The summed E-state index contributed by atoms with van der Waals surface area (Å²) in [5, 5.41) is 13.0. The van der Waals surface area contributed by atoms with Gasteiger partial charge in [0.05, 0.1) is 12.7 Å². The molecule has 116 valence electrons. The van der Waals surface area contributed by atoms with E-state index in [9.17, 15) is 4.79 Å². The molecule has 1 aromatic carbocycles. The van der Waals surface area contributed by atoms with Crippen LogP contribution in [0.1, 0.15) is 41.7 Å². The lowest BCUT2D eigenvalue weighted by Crippen LogP contribution is -2.25. The number of aromatic nitrogens is 3. The maximum atomic E-state index is 12.1. The summed E-state index contributed by atoms with van der Waals surface area (Å²) in [7, 11) is 0. The Morgan fingerprint density at radius 2 is 1.86 bits per heavy atom. The second-order valence-electron chi connectivity index (χ2n) is 5.59. The molecule has 0 bridgehead atoms. The molecular formula is C16H21N5O. The van der Waals surface area contributed by atoms with Gasteiger partial charge in [-0.3, -0.25) is 4.79 Å². The van der Waals surface area contributed by atoms with Crippen LogP contribution in [-0.2, 0) is 6.54 Å². The van der Waals surface area contributed by atoms with Crippen LogP contribution in [0.15, 0.2) is 30.5 Å². The lowest BCUT2D eigenvalue weighted by Gasteiger charge is -2.22. The van der Waals surface area contributed by atoms with Crippen molar-refractivity contribution in [1.29, 1.82) is 0 Å². The second kappa shape index (κ2) is 7.06. The Morgan fingerprint density at radius 3 is 2.50 bits per heavy atom. The molecule has 0 aliphatic carbocycles. The number of aromatic amines is 1. The number of nitrogens with one attached hydrogen (secondary N) is 2. The minimum atomic E-state index is -0.0922. The number of carbonyl (C=O) groups is 1. The number of nitrogens with zero attached hydrogens (tertiary/aromatic N) is 3. The molecule has 0 radical (unpaired) electrons. The molecule has 0 spiro atoms. The van der Waals surface area contributed by atoms with E-state index >= 15 is 0 Å². The predicted octanol–water partition coefficient (Wildman–Crippen LogP) is 2.12. The van der Waals surface area contributed by atoms with Crippen LogP contribution in [0.5, 0.6) is 0 Å². The van der Waals surface area contributed by atoms with Gasteiger partial charge in [-0.1, -0.05) is 12.8 Å². The van der Waals surface area contributed by atoms with E-state index in [-0.39, 0.29) is 5.91 Å². The first-order valence-electron chi connectivity index (χ1n) is 7.81. The van der Waals surface area contributed by atoms with Crippen molar-refractivity contribution in [3.05, 3.63) is 41.7 Å². The van der Waals surface area contributed by atoms with E-state index in [1.807, 2.05) is 24.3 Å². The molecule has 3 rings (SSSR count). The van der Waals surface area contributed by atoms with Crippen LogP contribution in [0, 0.1) is 0 Å². The molecule has 22 heavy (non-hydrogen) atoms. The Morgan fingerprint density at radius 1 is 1.14 bits per heavy atom. The maximum Gasteiger partial charge on any atom is 0.251 e. The summed E-state index contributed by atoms with van der Waals surface area (Å²) in [4.78, 5) is 14.5.